The van der Waals surface area contributed by atoms with E-state index in [2.05, 4.69) is 69.2 Å². The molecule has 1 aliphatic heterocycles. The molecule has 2 heterocycles. The molecular formula is C19H18BrNO2. The van der Waals surface area contributed by atoms with Crippen LogP contribution < -0.4 is 0 Å². The number of ether oxygens (including phenoxy) is 1. The van der Waals surface area contributed by atoms with E-state index in [0.29, 0.717) is 13.0 Å². The molecule has 3 aromatic rings. The van der Waals surface area contributed by atoms with Crippen LogP contribution >= 0.6 is 15.9 Å². The third-order valence-corrected chi connectivity index (χ3v) is 4.98. The summed E-state index contributed by atoms with van der Waals surface area (Å²) in [6, 6.07) is 16.9. The quantitative estimate of drug-likeness (QED) is 0.745. The first-order valence-corrected chi connectivity index (χ1v) is 8.62. The summed E-state index contributed by atoms with van der Waals surface area (Å²) >= 11 is 3.57. The van der Waals surface area contributed by atoms with E-state index < -0.39 is 6.29 Å². The third kappa shape index (κ3) is 2.94. The molecule has 4 rings (SSSR count). The number of benzene rings is 2. The molecule has 2 aromatic carbocycles. The van der Waals surface area contributed by atoms with E-state index in [9.17, 15) is 5.11 Å². The topological polar surface area (TPSA) is 34.4 Å². The summed E-state index contributed by atoms with van der Waals surface area (Å²) in [5, 5.41) is 10.9. The smallest absolute Gasteiger partial charge is 0.155 e. The third-order valence-electron chi connectivity index (χ3n) is 4.49. The highest BCUT2D eigenvalue weighted by Gasteiger charge is 2.27. The molecule has 4 heteroatoms. The van der Waals surface area contributed by atoms with Crippen LogP contribution in [0.4, 0.5) is 0 Å². The number of rotatable bonds is 3. The highest BCUT2D eigenvalue weighted by molar-refractivity contribution is 9.10. The van der Waals surface area contributed by atoms with E-state index in [4.69, 9.17) is 4.74 Å². The van der Waals surface area contributed by atoms with E-state index in [-0.39, 0.29) is 5.92 Å². The Labute approximate surface area is 143 Å². The fraction of sp³-hybridized carbons (Fsp3) is 0.263. The van der Waals surface area contributed by atoms with Gasteiger partial charge in [-0.3, -0.25) is 0 Å². The van der Waals surface area contributed by atoms with Crippen molar-refractivity contribution in [2.24, 2.45) is 0 Å². The molecule has 0 amide bonds. The number of nitrogens with zero attached hydrogens (tertiary/aromatic N) is 1. The highest BCUT2D eigenvalue weighted by atomic mass is 79.9. The lowest BCUT2D eigenvalue weighted by molar-refractivity contribution is -0.0589. The van der Waals surface area contributed by atoms with Gasteiger partial charge >= 0.3 is 0 Å². The number of aliphatic hydroxyl groups excluding tert-OH is 1. The van der Waals surface area contributed by atoms with Gasteiger partial charge in [-0.2, -0.15) is 0 Å². The number of aromatic nitrogens is 1. The maximum Gasteiger partial charge on any atom is 0.155 e. The molecule has 1 N–H and O–H groups in total. The fourth-order valence-corrected chi connectivity index (χ4v) is 3.72. The Balaban J connectivity index is 1.79. The van der Waals surface area contributed by atoms with E-state index in [0.717, 1.165) is 11.0 Å². The van der Waals surface area contributed by atoms with Crippen LogP contribution in [-0.4, -0.2) is 22.6 Å². The number of hydrogen-bond donors (Lipinski definition) is 1. The van der Waals surface area contributed by atoms with Crippen LogP contribution in [0.15, 0.2) is 59.2 Å². The van der Waals surface area contributed by atoms with Crippen molar-refractivity contribution >= 4 is 26.8 Å². The Morgan fingerprint density at radius 1 is 1.17 bits per heavy atom. The summed E-state index contributed by atoms with van der Waals surface area (Å²) in [6.45, 7) is 1.42. The lowest BCUT2D eigenvalue weighted by atomic mass is 9.98. The molecule has 23 heavy (non-hydrogen) atoms. The molecule has 0 bridgehead atoms. The zero-order valence-electron chi connectivity index (χ0n) is 12.7. The van der Waals surface area contributed by atoms with Crippen LogP contribution in [0.25, 0.3) is 10.9 Å². The molecule has 1 aliphatic rings. The van der Waals surface area contributed by atoms with Gasteiger partial charge in [-0.1, -0.05) is 46.3 Å². The Morgan fingerprint density at radius 2 is 2.00 bits per heavy atom. The predicted molar refractivity (Wildman–Crippen MR) is 94.5 cm³/mol. The SMILES string of the molecule is OC1CC(c2cn(Cc3ccccc3)c3ccc(Br)cc23)CO1. The average Bonchev–Trinajstić information content (AvgIpc) is 3.12. The van der Waals surface area contributed by atoms with Crippen molar-refractivity contribution in [3.05, 3.63) is 70.3 Å². The average molecular weight is 372 g/mol. The lowest BCUT2D eigenvalue weighted by Gasteiger charge is -2.05. The van der Waals surface area contributed by atoms with Gasteiger partial charge in [-0.15, -0.1) is 0 Å². The monoisotopic (exact) mass is 371 g/mol. The van der Waals surface area contributed by atoms with Gasteiger partial charge in [0.05, 0.1) is 6.61 Å². The molecule has 118 valence electrons. The summed E-state index contributed by atoms with van der Waals surface area (Å²) in [5.74, 6) is 0.249. The van der Waals surface area contributed by atoms with Gasteiger partial charge in [-0.25, -0.2) is 0 Å². The molecule has 3 nitrogen and oxygen atoms in total. The van der Waals surface area contributed by atoms with Crippen molar-refractivity contribution in [1.82, 2.24) is 4.57 Å². The van der Waals surface area contributed by atoms with Crippen LogP contribution in [0.2, 0.25) is 0 Å². The van der Waals surface area contributed by atoms with E-state index in [1.54, 1.807) is 0 Å². The molecule has 1 fully saturated rings. The zero-order valence-corrected chi connectivity index (χ0v) is 14.2. The van der Waals surface area contributed by atoms with Crippen LogP contribution in [0.1, 0.15) is 23.5 Å². The van der Waals surface area contributed by atoms with Crippen molar-refractivity contribution in [1.29, 1.82) is 0 Å². The number of halogens is 1. The van der Waals surface area contributed by atoms with Crippen LogP contribution in [0.5, 0.6) is 0 Å². The Morgan fingerprint density at radius 3 is 2.74 bits per heavy atom. The molecule has 0 spiro atoms. The van der Waals surface area contributed by atoms with Gasteiger partial charge in [0.2, 0.25) is 0 Å². The minimum Gasteiger partial charge on any atom is -0.368 e. The van der Waals surface area contributed by atoms with Crippen molar-refractivity contribution in [2.75, 3.05) is 6.61 Å². The predicted octanol–water partition coefficient (Wildman–Crippen LogP) is 4.27. The number of aliphatic hydroxyl groups is 1. The standard InChI is InChI=1S/C19H18BrNO2/c20-15-6-7-18-16(9-15)17(14-8-19(22)23-12-14)11-21(18)10-13-4-2-1-3-5-13/h1-7,9,11,14,19,22H,8,10,12H2. The van der Waals surface area contributed by atoms with Gasteiger partial charge in [0, 0.05) is 40.5 Å². The van der Waals surface area contributed by atoms with Crippen LogP contribution in [0.3, 0.4) is 0 Å². The molecular weight excluding hydrogens is 354 g/mol. The first kappa shape index (κ1) is 14.9. The molecule has 2 unspecified atom stereocenters. The lowest BCUT2D eigenvalue weighted by Crippen LogP contribution is -2.01. The zero-order chi connectivity index (χ0) is 15.8. The van der Waals surface area contributed by atoms with Crippen LogP contribution in [-0.2, 0) is 11.3 Å². The molecule has 0 saturated carbocycles. The number of hydrogen-bond acceptors (Lipinski definition) is 2. The first-order valence-electron chi connectivity index (χ1n) is 7.82. The Kier molecular flexibility index (Phi) is 3.97. The van der Waals surface area contributed by atoms with E-state index in [1.807, 2.05) is 6.07 Å². The van der Waals surface area contributed by atoms with Gasteiger partial charge < -0.3 is 14.4 Å². The van der Waals surface area contributed by atoms with Crippen molar-refractivity contribution < 1.29 is 9.84 Å². The second-order valence-electron chi connectivity index (χ2n) is 6.08. The van der Waals surface area contributed by atoms with Crippen molar-refractivity contribution in [3.8, 4) is 0 Å². The fourth-order valence-electron chi connectivity index (χ4n) is 3.36. The minimum absolute atomic E-state index is 0.249. The summed E-state index contributed by atoms with van der Waals surface area (Å²) in [4.78, 5) is 0. The van der Waals surface area contributed by atoms with E-state index in [1.165, 1.54) is 22.0 Å². The van der Waals surface area contributed by atoms with Crippen molar-refractivity contribution in [3.63, 3.8) is 0 Å². The Bertz CT molecular complexity index is 828. The normalized spacial score (nSPS) is 21.1. The summed E-state index contributed by atoms with van der Waals surface area (Å²) < 4.78 is 8.72. The van der Waals surface area contributed by atoms with Gasteiger partial charge in [0.25, 0.3) is 0 Å². The Hall–Kier alpha value is -1.62. The maximum atomic E-state index is 9.69. The molecule has 1 aromatic heterocycles. The minimum atomic E-state index is -0.639. The maximum absolute atomic E-state index is 9.69. The molecule has 1 saturated heterocycles. The summed E-state index contributed by atoms with van der Waals surface area (Å²) in [5.41, 5.74) is 3.75. The van der Waals surface area contributed by atoms with Gasteiger partial charge in [0.1, 0.15) is 0 Å². The van der Waals surface area contributed by atoms with Crippen molar-refractivity contribution in [2.45, 2.75) is 25.2 Å². The molecule has 0 radical (unpaired) electrons. The second-order valence-corrected chi connectivity index (χ2v) is 7.00. The first-order chi connectivity index (χ1) is 11.2. The van der Waals surface area contributed by atoms with Crippen LogP contribution in [0, 0.1) is 0 Å². The summed E-state index contributed by atoms with van der Waals surface area (Å²) in [6.07, 6.45) is 2.24. The molecule has 0 aliphatic carbocycles. The largest absolute Gasteiger partial charge is 0.368 e. The van der Waals surface area contributed by atoms with E-state index >= 15 is 0 Å². The number of fused-ring (bicyclic) bond motifs is 1. The molecule has 2 atom stereocenters. The highest BCUT2D eigenvalue weighted by Crippen LogP contribution is 2.36. The van der Waals surface area contributed by atoms with Gasteiger partial charge in [-0.05, 0) is 29.3 Å². The second kappa shape index (κ2) is 6.11. The summed E-state index contributed by atoms with van der Waals surface area (Å²) in [7, 11) is 0. The van der Waals surface area contributed by atoms with Gasteiger partial charge in [0.15, 0.2) is 6.29 Å².